The van der Waals surface area contributed by atoms with Gasteiger partial charge in [-0.25, -0.2) is 4.79 Å². The molecule has 2 aromatic rings. The lowest BCUT2D eigenvalue weighted by molar-refractivity contribution is -0.138. The SMILES string of the molecule is CC#Cc1cc(C)c(C2C(=O)CC3(CCN(C(=O)NC(=O)c4ccc(C)cn4)CC3)CC2=O)c(C)c1. The molecular weight excluding hydrogens is 454 g/mol. The number of benzene rings is 1. The molecule has 1 saturated carbocycles. The highest BCUT2D eigenvalue weighted by Gasteiger charge is 2.47. The zero-order chi connectivity index (χ0) is 26.0. The Morgan fingerprint density at radius 2 is 1.64 bits per heavy atom. The highest BCUT2D eigenvalue weighted by atomic mass is 16.2. The van der Waals surface area contributed by atoms with Crippen LogP contribution in [0.15, 0.2) is 30.5 Å². The minimum Gasteiger partial charge on any atom is -0.324 e. The van der Waals surface area contributed by atoms with Crippen LogP contribution >= 0.6 is 0 Å². The van der Waals surface area contributed by atoms with E-state index in [9.17, 15) is 19.2 Å². The number of aryl methyl sites for hydroxylation is 3. The average Bonchev–Trinajstić information content (AvgIpc) is 2.81. The predicted molar refractivity (Wildman–Crippen MR) is 136 cm³/mol. The molecule has 7 nitrogen and oxygen atoms in total. The van der Waals surface area contributed by atoms with Gasteiger partial charge in [0, 0.05) is 37.7 Å². The molecule has 36 heavy (non-hydrogen) atoms. The summed E-state index contributed by atoms with van der Waals surface area (Å²) in [5, 5.41) is 2.39. The minimum absolute atomic E-state index is 0.0506. The zero-order valence-corrected chi connectivity index (χ0v) is 21.2. The van der Waals surface area contributed by atoms with Crippen molar-refractivity contribution in [3.63, 3.8) is 0 Å². The number of rotatable bonds is 2. The molecular formula is C29H31N3O4. The lowest BCUT2D eigenvalue weighted by Crippen LogP contribution is -2.51. The van der Waals surface area contributed by atoms with E-state index in [2.05, 4.69) is 22.1 Å². The Hall–Kier alpha value is -3.79. The van der Waals surface area contributed by atoms with Crippen molar-refractivity contribution in [3.05, 3.63) is 64.0 Å². The molecule has 1 spiro atoms. The third-order valence-electron chi connectivity index (χ3n) is 7.37. The van der Waals surface area contributed by atoms with Crippen LogP contribution in [0.3, 0.4) is 0 Å². The molecule has 3 amide bonds. The first kappa shape index (κ1) is 25.3. The molecule has 0 atom stereocenters. The number of carbonyl (C=O) groups excluding carboxylic acids is 4. The summed E-state index contributed by atoms with van der Waals surface area (Å²) in [7, 11) is 0. The van der Waals surface area contributed by atoms with Crippen LogP contribution in [0.1, 0.15) is 76.8 Å². The molecule has 1 aliphatic heterocycles. The molecule has 1 saturated heterocycles. The number of likely N-dealkylation sites (tertiary alicyclic amines) is 1. The summed E-state index contributed by atoms with van der Waals surface area (Å²) in [6, 6.07) is 6.73. The number of nitrogens with one attached hydrogen (secondary N) is 1. The maximum Gasteiger partial charge on any atom is 0.324 e. The molecule has 2 fully saturated rings. The van der Waals surface area contributed by atoms with Crippen molar-refractivity contribution >= 4 is 23.5 Å². The quantitative estimate of drug-likeness (QED) is 0.512. The Morgan fingerprint density at radius 1 is 1.03 bits per heavy atom. The summed E-state index contributed by atoms with van der Waals surface area (Å²) in [6.07, 6.45) is 3.31. The van der Waals surface area contributed by atoms with Crippen molar-refractivity contribution in [1.29, 1.82) is 0 Å². The number of aromatic nitrogens is 1. The van der Waals surface area contributed by atoms with E-state index in [0.717, 1.165) is 27.8 Å². The van der Waals surface area contributed by atoms with E-state index in [4.69, 9.17) is 0 Å². The highest BCUT2D eigenvalue weighted by Crippen LogP contribution is 2.46. The fourth-order valence-corrected chi connectivity index (χ4v) is 5.53. The maximum atomic E-state index is 13.3. The number of amides is 3. The third-order valence-corrected chi connectivity index (χ3v) is 7.37. The minimum atomic E-state index is -0.736. The van der Waals surface area contributed by atoms with Crippen LogP contribution < -0.4 is 5.32 Å². The van der Waals surface area contributed by atoms with Crippen molar-refractivity contribution in [2.24, 2.45) is 5.41 Å². The van der Waals surface area contributed by atoms with Crippen molar-refractivity contribution in [2.45, 2.75) is 59.3 Å². The van der Waals surface area contributed by atoms with Gasteiger partial charge in [0.25, 0.3) is 5.91 Å². The first-order valence-corrected chi connectivity index (χ1v) is 12.2. The summed E-state index contributed by atoms with van der Waals surface area (Å²) in [5.74, 6) is 4.55. The van der Waals surface area contributed by atoms with Gasteiger partial charge in [-0.1, -0.05) is 12.0 Å². The van der Waals surface area contributed by atoms with Crippen LogP contribution in [0.2, 0.25) is 0 Å². The van der Waals surface area contributed by atoms with Crippen molar-refractivity contribution < 1.29 is 19.2 Å². The second kappa shape index (κ2) is 10.1. The monoisotopic (exact) mass is 485 g/mol. The van der Waals surface area contributed by atoms with Gasteiger partial charge in [0.2, 0.25) is 0 Å². The van der Waals surface area contributed by atoms with Gasteiger partial charge in [-0.3, -0.25) is 24.7 Å². The van der Waals surface area contributed by atoms with E-state index in [1.807, 2.05) is 32.9 Å². The topological polar surface area (TPSA) is 96.4 Å². The Balaban J connectivity index is 1.41. The van der Waals surface area contributed by atoms with Gasteiger partial charge in [0.1, 0.15) is 23.2 Å². The fourth-order valence-electron chi connectivity index (χ4n) is 5.53. The molecule has 4 rings (SSSR count). The number of imide groups is 1. The Morgan fingerprint density at radius 3 is 2.17 bits per heavy atom. The number of piperidine rings is 1. The van der Waals surface area contributed by atoms with Gasteiger partial charge in [0.05, 0.1) is 0 Å². The number of pyridine rings is 1. The van der Waals surface area contributed by atoms with E-state index < -0.39 is 23.3 Å². The third kappa shape index (κ3) is 5.08. The van der Waals surface area contributed by atoms with Gasteiger partial charge in [-0.15, -0.1) is 5.92 Å². The first-order valence-electron chi connectivity index (χ1n) is 12.2. The number of carbonyl (C=O) groups is 4. The number of hydrogen-bond donors (Lipinski definition) is 1. The Bertz CT molecular complexity index is 1250. The summed E-state index contributed by atoms with van der Waals surface area (Å²) >= 11 is 0. The normalized spacial score (nSPS) is 17.5. The molecule has 0 unspecified atom stereocenters. The van der Waals surface area contributed by atoms with Crippen LogP contribution in [0.5, 0.6) is 0 Å². The summed E-state index contributed by atoms with van der Waals surface area (Å²) in [4.78, 5) is 57.3. The van der Waals surface area contributed by atoms with Gasteiger partial charge in [-0.05, 0) is 86.4 Å². The highest BCUT2D eigenvalue weighted by molar-refractivity contribution is 6.10. The van der Waals surface area contributed by atoms with E-state index in [1.54, 1.807) is 30.2 Å². The molecule has 1 aromatic carbocycles. The number of ketones is 2. The molecule has 7 heteroatoms. The lowest BCUT2D eigenvalue weighted by atomic mass is 9.62. The van der Waals surface area contributed by atoms with Crippen LogP contribution in [-0.4, -0.2) is 46.5 Å². The number of urea groups is 1. The molecule has 1 aromatic heterocycles. The second-order valence-electron chi connectivity index (χ2n) is 10.1. The second-order valence-corrected chi connectivity index (χ2v) is 10.1. The van der Waals surface area contributed by atoms with Crippen LogP contribution in [0.25, 0.3) is 0 Å². The first-order chi connectivity index (χ1) is 17.1. The summed E-state index contributed by atoms with van der Waals surface area (Å²) in [5.41, 5.74) is 4.18. The average molecular weight is 486 g/mol. The van der Waals surface area contributed by atoms with Gasteiger partial charge in [-0.2, -0.15) is 0 Å². The maximum absolute atomic E-state index is 13.3. The van der Waals surface area contributed by atoms with Gasteiger partial charge in [0.15, 0.2) is 0 Å². The zero-order valence-electron chi connectivity index (χ0n) is 21.2. The molecule has 186 valence electrons. The van der Waals surface area contributed by atoms with Gasteiger partial charge >= 0.3 is 6.03 Å². The Kier molecular flexibility index (Phi) is 7.07. The summed E-state index contributed by atoms with van der Waals surface area (Å²) in [6.45, 7) is 8.27. The smallest absolute Gasteiger partial charge is 0.324 e. The van der Waals surface area contributed by atoms with E-state index in [0.29, 0.717) is 38.8 Å². The van der Waals surface area contributed by atoms with Gasteiger partial charge < -0.3 is 4.90 Å². The Labute approximate surface area is 211 Å². The molecule has 1 aliphatic carbocycles. The van der Waals surface area contributed by atoms with Crippen LogP contribution in [-0.2, 0) is 9.59 Å². The standard InChI is InChI=1S/C29H31N3O4/c1-5-6-21-13-19(3)25(20(4)14-21)26-23(33)15-29(16-24(26)34)9-11-32(12-10-29)28(36)31-27(35)22-8-7-18(2)17-30-22/h7-8,13-14,17,26H,9-12,15-16H2,1-4H3,(H,31,35,36). The predicted octanol–water partition coefficient (Wildman–Crippen LogP) is 4.03. The number of hydrogen-bond acceptors (Lipinski definition) is 5. The lowest BCUT2D eigenvalue weighted by Gasteiger charge is -2.44. The van der Waals surface area contributed by atoms with E-state index >= 15 is 0 Å². The van der Waals surface area contributed by atoms with Crippen molar-refractivity contribution in [1.82, 2.24) is 15.2 Å². The van der Waals surface area contributed by atoms with Crippen molar-refractivity contribution in [3.8, 4) is 11.8 Å². The van der Waals surface area contributed by atoms with Crippen LogP contribution in [0.4, 0.5) is 4.79 Å². The van der Waals surface area contributed by atoms with E-state index in [1.165, 1.54) is 0 Å². The molecule has 2 aliphatic rings. The summed E-state index contributed by atoms with van der Waals surface area (Å²) < 4.78 is 0. The molecule has 2 heterocycles. The largest absolute Gasteiger partial charge is 0.324 e. The van der Waals surface area contributed by atoms with Crippen molar-refractivity contribution in [2.75, 3.05) is 13.1 Å². The molecule has 0 radical (unpaired) electrons. The van der Waals surface area contributed by atoms with E-state index in [-0.39, 0.29) is 17.3 Å². The van der Waals surface area contributed by atoms with Crippen LogP contribution in [0, 0.1) is 38.0 Å². The molecule has 0 bridgehead atoms. The number of nitrogens with zero attached hydrogens (tertiary/aromatic N) is 2. The fraction of sp³-hybridized carbons (Fsp3) is 0.414. The molecule has 1 N–H and O–H groups in total. The number of Topliss-reactive ketones (excluding diaryl/α,β-unsaturated/α-hetero) is 2.